The number of rotatable bonds is 5. The number of hydrogen-bond donors (Lipinski definition) is 0. The number of halogens is 1. The molecule has 0 bridgehead atoms. The Morgan fingerprint density at radius 1 is 1.25 bits per heavy atom. The average molecular weight is 352 g/mol. The van der Waals surface area contributed by atoms with Gasteiger partial charge < -0.3 is 4.74 Å². The molecule has 0 aliphatic rings. The number of pyridine rings is 1. The molecule has 6 nitrogen and oxygen atoms in total. The van der Waals surface area contributed by atoms with Gasteiger partial charge in [-0.3, -0.25) is 4.98 Å². The quantitative estimate of drug-likeness (QED) is 0.769. The lowest BCUT2D eigenvalue weighted by Gasteiger charge is -2.34. The van der Waals surface area contributed by atoms with E-state index in [0.717, 1.165) is 23.5 Å². The van der Waals surface area contributed by atoms with Crippen LogP contribution in [-0.4, -0.2) is 37.8 Å². The second kappa shape index (κ2) is 6.66. The molecule has 2 rings (SSSR count). The Morgan fingerprint density at radius 3 is 2.50 bits per heavy atom. The van der Waals surface area contributed by atoms with Gasteiger partial charge in [0.2, 0.25) is 10.0 Å². The van der Waals surface area contributed by atoms with Crippen LogP contribution in [0.3, 0.4) is 0 Å². The van der Waals surface area contributed by atoms with Gasteiger partial charge in [-0.15, -0.1) is 0 Å². The predicted molar refractivity (Wildman–Crippen MR) is 85.0 cm³/mol. The Hall–Kier alpha value is -2.32. The van der Waals surface area contributed by atoms with Crippen molar-refractivity contribution in [2.75, 3.05) is 14.2 Å². The molecule has 0 spiro atoms. The Morgan fingerprint density at radius 2 is 1.96 bits per heavy atom. The van der Waals surface area contributed by atoms with E-state index in [0.29, 0.717) is 0 Å². The maximum Gasteiger partial charge on any atom is 0.333 e. The van der Waals surface area contributed by atoms with Crippen molar-refractivity contribution < 1.29 is 22.3 Å². The number of methoxy groups -OCH3 is 1. The van der Waals surface area contributed by atoms with Gasteiger partial charge in [0, 0.05) is 13.2 Å². The second-order valence-electron chi connectivity index (χ2n) is 5.21. The molecule has 2 aromatic rings. The minimum atomic E-state index is -4.17. The largest absolute Gasteiger partial charge is 0.467 e. The molecule has 1 heterocycles. The number of carbonyl (C=O) groups is 1. The third-order valence-corrected chi connectivity index (χ3v) is 5.77. The number of esters is 1. The molecule has 0 fully saturated rings. The Balaban J connectivity index is 2.61. The lowest BCUT2D eigenvalue weighted by molar-refractivity contribution is -0.151. The predicted octanol–water partition coefficient (Wildman–Crippen LogP) is 1.93. The van der Waals surface area contributed by atoms with Crippen LogP contribution in [0.25, 0.3) is 0 Å². The number of likely N-dealkylation sites (N-methyl/N-ethyl adjacent to an activating group) is 1. The molecule has 0 aliphatic heterocycles. The smallest absolute Gasteiger partial charge is 0.333 e. The number of benzene rings is 1. The number of hydrogen-bond acceptors (Lipinski definition) is 5. The molecule has 0 amide bonds. The highest BCUT2D eigenvalue weighted by Crippen LogP contribution is 2.32. The number of nitrogens with zero attached hydrogens (tertiary/aromatic N) is 2. The van der Waals surface area contributed by atoms with Crippen LogP contribution in [0.4, 0.5) is 4.39 Å². The van der Waals surface area contributed by atoms with Crippen molar-refractivity contribution in [3.05, 3.63) is 60.2 Å². The third kappa shape index (κ3) is 3.02. The van der Waals surface area contributed by atoms with Crippen molar-refractivity contribution in [2.24, 2.45) is 0 Å². The van der Waals surface area contributed by atoms with E-state index in [-0.39, 0.29) is 10.6 Å². The fourth-order valence-electron chi connectivity index (χ4n) is 2.27. The molecular formula is C16H17FN2O4S. The van der Waals surface area contributed by atoms with Gasteiger partial charge in [-0.25, -0.2) is 17.6 Å². The topological polar surface area (TPSA) is 76.6 Å². The van der Waals surface area contributed by atoms with Crippen LogP contribution in [0.15, 0.2) is 53.6 Å². The average Bonchev–Trinajstić information content (AvgIpc) is 2.60. The zero-order valence-corrected chi connectivity index (χ0v) is 14.2. The van der Waals surface area contributed by atoms with Crippen LogP contribution in [-0.2, 0) is 25.1 Å². The maximum atomic E-state index is 13.4. The Kier molecular flexibility index (Phi) is 5.00. The molecule has 1 atom stereocenters. The summed E-state index contributed by atoms with van der Waals surface area (Å²) in [5.74, 6) is -1.49. The minimum Gasteiger partial charge on any atom is -0.467 e. The fourth-order valence-corrected chi connectivity index (χ4v) is 3.75. The second-order valence-corrected chi connectivity index (χ2v) is 7.18. The van der Waals surface area contributed by atoms with Gasteiger partial charge in [0.25, 0.3) is 0 Å². The van der Waals surface area contributed by atoms with E-state index in [9.17, 15) is 17.6 Å². The van der Waals surface area contributed by atoms with E-state index in [2.05, 4.69) is 4.98 Å². The van der Waals surface area contributed by atoms with Gasteiger partial charge in [-0.2, -0.15) is 4.31 Å². The summed E-state index contributed by atoms with van der Waals surface area (Å²) >= 11 is 0. The van der Waals surface area contributed by atoms with Crippen LogP contribution in [0, 0.1) is 5.82 Å². The number of sulfonamides is 1. The van der Waals surface area contributed by atoms with Crippen molar-refractivity contribution in [3.63, 3.8) is 0 Å². The van der Waals surface area contributed by atoms with Gasteiger partial charge in [-0.05, 0) is 37.3 Å². The molecule has 0 N–H and O–H groups in total. The normalized spacial score (nSPS) is 14.2. The molecule has 0 aliphatic carbocycles. The molecule has 1 unspecified atom stereocenters. The fraction of sp³-hybridized carbons (Fsp3) is 0.250. The standard InChI is InChI=1S/C16H17FN2O4S/c1-16(15(20)23-3,14-9-4-5-10-18-14)19(2)24(21,22)13-8-6-7-12(17)11-13/h4-11H,1-3H3. The van der Waals surface area contributed by atoms with Gasteiger partial charge >= 0.3 is 5.97 Å². The highest BCUT2D eigenvalue weighted by Gasteiger charge is 2.47. The van der Waals surface area contributed by atoms with Crippen molar-refractivity contribution in [1.29, 1.82) is 0 Å². The SMILES string of the molecule is COC(=O)C(C)(c1ccccn1)N(C)S(=O)(=O)c1cccc(F)c1. The van der Waals surface area contributed by atoms with E-state index >= 15 is 0 Å². The molecule has 128 valence electrons. The van der Waals surface area contributed by atoms with Crippen molar-refractivity contribution in [2.45, 2.75) is 17.4 Å². The van der Waals surface area contributed by atoms with Gasteiger partial charge in [0.15, 0.2) is 5.54 Å². The summed E-state index contributed by atoms with van der Waals surface area (Å²) in [4.78, 5) is 16.2. The highest BCUT2D eigenvalue weighted by molar-refractivity contribution is 7.89. The third-order valence-electron chi connectivity index (χ3n) is 3.83. The number of ether oxygens (including phenoxy) is 1. The summed E-state index contributed by atoms with van der Waals surface area (Å²) in [6.45, 7) is 1.39. The van der Waals surface area contributed by atoms with Crippen molar-refractivity contribution in [1.82, 2.24) is 9.29 Å². The van der Waals surface area contributed by atoms with E-state index in [1.165, 1.54) is 38.4 Å². The van der Waals surface area contributed by atoms with Crippen LogP contribution in [0.1, 0.15) is 12.6 Å². The van der Waals surface area contributed by atoms with Crippen molar-refractivity contribution >= 4 is 16.0 Å². The first-order valence-corrected chi connectivity index (χ1v) is 8.43. The van der Waals surface area contributed by atoms with Crippen molar-refractivity contribution in [3.8, 4) is 0 Å². The lowest BCUT2D eigenvalue weighted by atomic mass is 9.97. The molecule has 1 aromatic heterocycles. The lowest BCUT2D eigenvalue weighted by Crippen LogP contribution is -2.51. The summed E-state index contributed by atoms with van der Waals surface area (Å²) in [7, 11) is -1.78. The first-order chi connectivity index (χ1) is 11.2. The van der Waals surface area contributed by atoms with E-state index in [1.54, 1.807) is 12.1 Å². The minimum absolute atomic E-state index is 0.194. The van der Waals surface area contributed by atoms with Crippen LogP contribution >= 0.6 is 0 Å². The zero-order chi connectivity index (χ0) is 18.0. The number of carbonyl (C=O) groups excluding carboxylic acids is 1. The first kappa shape index (κ1) is 18.0. The first-order valence-electron chi connectivity index (χ1n) is 6.99. The molecule has 24 heavy (non-hydrogen) atoms. The Bertz CT molecular complexity index is 842. The van der Waals surface area contributed by atoms with Gasteiger partial charge in [0.05, 0.1) is 17.7 Å². The van der Waals surface area contributed by atoms with Gasteiger partial charge in [-0.1, -0.05) is 12.1 Å². The van der Waals surface area contributed by atoms with Crippen LogP contribution in [0.5, 0.6) is 0 Å². The maximum absolute atomic E-state index is 13.4. The van der Waals surface area contributed by atoms with E-state index in [1.807, 2.05) is 0 Å². The molecule has 1 aromatic carbocycles. The summed E-state index contributed by atoms with van der Waals surface area (Å²) in [5, 5.41) is 0. The molecule has 0 saturated carbocycles. The zero-order valence-electron chi connectivity index (χ0n) is 13.4. The number of aromatic nitrogens is 1. The summed E-state index contributed by atoms with van der Waals surface area (Å²) in [6.07, 6.45) is 1.44. The molecular weight excluding hydrogens is 335 g/mol. The van der Waals surface area contributed by atoms with Crippen LogP contribution < -0.4 is 0 Å². The van der Waals surface area contributed by atoms with Crippen LogP contribution in [0.2, 0.25) is 0 Å². The van der Waals surface area contributed by atoms with E-state index < -0.39 is 27.3 Å². The molecule has 0 saturated heterocycles. The highest BCUT2D eigenvalue weighted by atomic mass is 32.2. The molecule has 8 heteroatoms. The van der Waals surface area contributed by atoms with E-state index in [4.69, 9.17) is 4.74 Å². The summed E-state index contributed by atoms with van der Waals surface area (Å²) in [6, 6.07) is 9.36. The summed E-state index contributed by atoms with van der Waals surface area (Å²) in [5.41, 5.74) is -1.51. The summed E-state index contributed by atoms with van der Waals surface area (Å²) < 4.78 is 44.7. The monoisotopic (exact) mass is 352 g/mol. The van der Waals surface area contributed by atoms with Gasteiger partial charge in [0.1, 0.15) is 5.82 Å². The Labute approximate surface area is 139 Å². The molecule has 0 radical (unpaired) electrons.